The zero-order valence-electron chi connectivity index (χ0n) is 11.1. The molecule has 3 N–H and O–H groups in total. The van der Waals surface area contributed by atoms with Crippen LogP contribution in [-0.4, -0.2) is 21.7 Å². The van der Waals surface area contributed by atoms with E-state index in [0.29, 0.717) is 17.3 Å². The third-order valence-electron chi connectivity index (χ3n) is 3.86. The Bertz CT molecular complexity index is 407. The SMILES string of the molecule is CC1CCCCCC1NC(=O)c1c(N)cnn1C. The van der Waals surface area contributed by atoms with Gasteiger partial charge >= 0.3 is 0 Å². The third kappa shape index (κ3) is 2.66. The van der Waals surface area contributed by atoms with Crippen LogP contribution in [0.4, 0.5) is 5.69 Å². The lowest BCUT2D eigenvalue weighted by Crippen LogP contribution is -2.39. The maximum Gasteiger partial charge on any atom is 0.271 e. The van der Waals surface area contributed by atoms with Gasteiger partial charge in [-0.2, -0.15) is 5.10 Å². The predicted octanol–water partition coefficient (Wildman–Crippen LogP) is 1.70. The number of nitrogen functional groups attached to an aromatic ring is 1. The average Bonchev–Trinajstić information content (AvgIpc) is 2.53. The van der Waals surface area contributed by atoms with Crippen LogP contribution in [0.3, 0.4) is 0 Å². The predicted molar refractivity (Wildman–Crippen MR) is 71.1 cm³/mol. The molecule has 18 heavy (non-hydrogen) atoms. The number of nitrogens with two attached hydrogens (primary N) is 1. The van der Waals surface area contributed by atoms with Crippen molar-refractivity contribution in [2.45, 2.75) is 45.1 Å². The number of carbonyl (C=O) groups excluding carboxylic acids is 1. The summed E-state index contributed by atoms with van der Waals surface area (Å²) in [4.78, 5) is 12.2. The Hall–Kier alpha value is -1.52. The Balaban J connectivity index is 2.06. The van der Waals surface area contributed by atoms with Gasteiger partial charge in [0.15, 0.2) is 0 Å². The van der Waals surface area contributed by atoms with Crippen molar-refractivity contribution < 1.29 is 4.79 Å². The summed E-state index contributed by atoms with van der Waals surface area (Å²) >= 11 is 0. The van der Waals surface area contributed by atoms with Crippen molar-refractivity contribution >= 4 is 11.6 Å². The molecular formula is C13H22N4O. The van der Waals surface area contributed by atoms with E-state index in [9.17, 15) is 4.79 Å². The van der Waals surface area contributed by atoms with E-state index in [1.54, 1.807) is 7.05 Å². The summed E-state index contributed by atoms with van der Waals surface area (Å²) in [7, 11) is 1.74. The number of hydrogen-bond donors (Lipinski definition) is 2. The van der Waals surface area contributed by atoms with Crippen molar-refractivity contribution in [2.24, 2.45) is 13.0 Å². The van der Waals surface area contributed by atoms with Gasteiger partial charge in [0.1, 0.15) is 5.69 Å². The number of aromatic nitrogens is 2. The molecule has 5 heteroatoms. The van der Waals surface area contributed by atoms with Gasteiger partial charge in [-0.05, 0) is 18.8 Å². The fourth-order valence-electron chi connectivity index (χ4n) is 2.68. The summed E-state index contributed by atoms with van der Waals surface area (Å²) in [5, 5.41) is 7.11. The van der Waals surface area contributed by atoms with Crippen LogP contribution in [0.15, 0.2) is 6.20 Å². The van der Waals surface area contributed by atoms with Crippen molar-refractivity contribution in [1.82, 2.24) is 15.1 Å². The molecular weight excluding hydrogens is 228 g/mol. The fraction of sp³-hybridized carbons (Fsp3) is 0.692. The Morgan fingerprint density at radius 3 is 2.83 bits per heavy atom. The lowest BCUT2D eigenvalue weighted by atomic mass is 9.97. The van der Waals surface area contributed by atoms with E-state index in [2.05, 4.69) is 17.3 Å². The van der Waals surface area contributed by atoms with Crippen LogP contribution in [0.25, 0.3) is 0 Å². The van der Waals surface area contributed by atoms with Crippen LogP contribution in [0, 0.1) is 5.92 Å². The van der Waals surface area contributed by atoms with Crippen LogP contribution >= 0.6 is 0 Å². The van der Waals surface area contributed by atoms with Crippen LogP contribution in [0.5, 0.6) is 0 Å². The van der Waals surface area contributed by atoms with Crippen molar-refractivity contribution in [2.75, 3.05) is 5.73 Å². The molecule has 1 aromatic rings. The van der Waals surface area contributed by atoms with Crippen LogP contribution in [-0.2, 0) is 7.05 Å². The first kappa shape index (κ1) is 12.9. The highest BCUT2D eigenvalue weighted by Gasteiger charge is 2.24. The molecule has 0 bridgehead atoms. The highest BCUT2D eigenvalue weighted by atomic mass is 16.2. The first-order chi connectivity index (χ1) is 8.59. The largest absolute Gasteiger partial charge is 0.396 e. The summed E-state index contributed by atoms with van der Waals surface area (Å²) in [6.45, 7) is 2.21. The van der Waals surface area contributed by atoms with Crippen molar-refractivity contribution in [3.63, 3.8) is 0 Å². The highest BCUT2D eigenvalue weighted by Crippen LogP contribution is 2.23. The highest BCUT2D eigenvalue weighted by molar-refractivity contribution is 5.97. The van der Waals surface area contributed by atoms with Gasteiger partial charge in [-0.25, -0.2) is 0 Å². The molecule has 100 valence electrons. The molecule has 1 aromatic heterocycles. The van der Waals surface area contributed by atoms with Gasteiger partial charge in [-0.15, -0.1) is 0 Å². The summed E-state index contributed by atoms with van der Waals surface area (Å²) in [5.74, 6) is 0.428. The Kier molecular flexibility index (Phi) is 3.89. The zero-order valence-corrected chi connectivity index (χ0v) is 11.1. The molecule has 2 atom stereocenters. The van der Waals surface area contributed by atoms with Crippen molar-refractivity contribution in [3.05, 3.63) is 11.9 Å². The van der Waals surface area contributed by atoms with Gasteiger partial charge in [-0.3, -0.25) is 9.48 Å². The number of hydrogen-bond acceptors (Lipinski definition) is 3. The summed E-state index contributed by atoms with van der Waals surface area (Å²) in [6, 6.07) is 0.259. The van der Waals surface area contributed by atoms with Gasteiger partial charge in [0, 0.05) is 13.1 Å². The van der Waals surface area contributed by atoms with E-state index in [4.69, 9.17) is 5.73 Å². The van der Waals surface area contributed by atoms with Crippen molar-refractivity contribution in [1.29, 1.82) is 0 Å². The molecule has 0 saturated heterocycles. The Morgan fingerprint density at radius 2 is 2.17 bits per heavy atom. The molecule has 2 unspecified atom stereocenters. The number of rotatable bonds is 2. The fourth-order valence-corrected chi connectivity index (χ4v) is 2.68. The second-order valence-electron chi connectivity index (χ2n) is 5.27. The van der Waals surface area contributed by atoms with Gasteiger partial charge in [0.25, 0.3) is 5.91 Å². The lowest BCUT2D eigenvalue weighted by Gasteiger charge is -2.22. The van der Waals surface area contributed by atoms with E-state index < -0.39 is 0 Å². The smallest absolute Gasteiger partial charge is 0.271 e. The minimum absolute atomic E-state index is 0.105. The lowest BCUT2D eigenvalue weighted by molar-refractivity contribution is 0.0913. The molecule has 1 aliphatic carbocycles. The Morgan fingerprint density at radius 1 is 1.44 bits per heavy atom. The number of anilines is 1. The molecule has 2 rings (SSSR count). The molecule has 0 aliphatic heterocycles. The molecule has 1 saturated carbocycles. The number of carbonyl (C=O) groups is 1. The normalized spacial score (nSPS) is 24.6. The van der Waals surface area contributed by atoms with Gasteiger partial charge in [0.2, 0.25) is 0 Å². The Labute approximate surface area is 108 Å². The number of nitrogens with one attached hydrogen (secondary N) is 1. The second kappa shape index (κ2) is 5.42. The van der Waals surface area contributed by atoms with Crippen LogP contribution in [0.1, 0.15) is 49.5 Å². The van der Waals surface area contributed by atoms with Gasteiger partial charge < -0.3 is 11.1 Å². The van der Waals surface area contributed by atoms with Gasteiger partial charge in [0.05, 0.1) is 11.9 Å². The number of amides is 1. The molecule has 0 radical (unpaired) electrons. The third-order valence-corrected chi connectivity index (χ3v) is 3.86. The van der Waals surface area contributed by atoms with E-state index in [0.717, 1.165) is 6.42 Å². The van der Waals surface area contributed by atoms with E-state index in [-0.39, 0.29) is 11.9 Å². The van der Waals surface area contributed by atoms with Crippen LogP contribution < -0.4 is 11.1 Å². The summed E-state index contributed by atoms with van der Waals surface area (Å²) in [5.41, 5.74) is 6.67. The quantitative estimate of drug-likeness (QED) is 0.785. The maximum atomic E-state index is 12.2. The van der Waals surface area contributed by atoms with E-state index >= 15 is 0 Å². The molecule has 1 fully saturated rings. The van der Waals surface area contributed by atoms with Gasteiger partial charge in [-0.1, -0.05) is 26.2 Å². The monoisotopic (exact) mass is 250 g/mol. The molecule has 0 aromatic carbocycles. The summed E-state index contributed by atoms with van der Waals surface area (Å²) < 4.78 is 1.53. The number of aryl methyl sites for hydroxylation is 1. The molecule has 0 spiro atoms. The van der Waals surface area contributed by atoms with E-state index in [1.807, 2.05) is 0 Å². The molecule has 1 heterocycles. The average molecular weight is 250 g/mol. The maximum absolute atomic E-state index is 12.2. The van der Waals surface area contributed by atoms with E-state index in [1.165, 1.54) is 36.6 Å². The summed E-state index contributed by atoms with van der Waals surface area (Å²) in [6.07, 6.45) is 7.49. The standard InChI is InChI=1S/C13H22N4O/c1-9-6-4-3-5-7-11(9)16-13(18)12-10(14)8-15-17(12)2/h8-9,11H,3-7,14H2,1-2H3,(H,16,18). The molecule has 1 aliphatic rings. The molecule has 5 nitrogen and oxygen atoms in total. The first-order valence-corrected chi connectivity index (χ1v) is 6.68. The minimum Gasteiger partial charge on any atom is -0.396 e. The zero-order chi connectivity index (χ0) is 13.1. The number of nitrogens with zero attached hydrogens (tertiary/aromatic N) is 2. The molecule has 1 amide bonds. The second-order valence-corrected chi connectivity index (χ2v) is 5.27. The first-order valence-electron chi connectivity index (χ1n) is 6.68. The minimum atomic E-state index is -0.105. The van der Waals surface area contributed by atoms with Crippen LogP contribution in [0.2, 0.25) is 0 Å². The topological polar surface area (TPSA) is 72.9 Å². The van der Waals surface area contributed by atoms with Crippen molar-refractivity contribution in [3.8, 4) is 0 Å².